The molecule has 0 amide bonds. The number of pyridine rings is 1. The molecule has 0 fully saturated rings. The molecule has 0 spiro atoms. The zero-order chi connectivity index (χ0) is 12.8. The van der Waals surface area contributed by atoms with Crippen LogP contribution in [0.15, 0.2) is 6.07 Å². The van der Waals surface area contributed by atoms with Gasteiger partial charge in [-0.25, -0.2) is 10.8 Å². The molecule has 1 aromatic rings. The van der Waals surface area contributed by atoms with Gasteiger partial charge in [0.1, 0.15) is 5.82 Å². The highest BCUT2D eigenvalue weighted by Crippen LogP contribution is 2.28. The Morgan fingerprint density at radius 1 is 1.35 bits per heavy atom. The second-order valence-corrected chi connectivity index (χ2v) is 4.43. The first-order valence-corrected chi connectivity index (χ1v) is 6.09. The van der Waals surface area contributed by atoms with Gasteiger partial charge in [-0.3, -0.25) is 0 Å². The molecule has 0 aliphatic carbocycles. The van der Waals surface area contributed by atoms with Crippen LogP contribution in [0, 0.1) is 0 Å². The predicted octanol–water partition coefficient (Wildman–Crippen LogP) is 2.04. The Balaban J connectivity index is 2.64. The molecule has 7 heteroatoms. The van der Waals surface area contributed by atoms with Crippen molar-refractivity contribution in [1.29, 1.82) is 0 Å². The quantitative estimate of drug-likeness (QED) is 0.549. The van der Waals surface area contributed by atoms with Crippen LogP contribution in [0.4, 0.5) is 11.6 Å². The number of rotatable bonds is 6. The van der Waals surface area contributed by atoms with Gasteiger partial charge < -0.3 is 15.6 Å². The van der Waals surface area contributed by atoms with E-state index in [0.29, 0.717) is 21.7 Å². The Labute approximate surface area is 111 Å². The Hall–Kier alpha value is -0.750. The maximum atomic E-state index is 6.02. The maximum absolute atomic E-state index is 6.02. The van der Waals surface area contributed by atoms with E-state index < -0.39 is 0 Å². The van der Waals surface area contributed by atoms with Gasteiger partial charge in [0.05, 0.1) is 10.0 Å². The lowest BCUT2D eigenvalue weighted by Gasteiger charge is -2.15. The van der Waals surface area contributed by atoms with Crippen molar-refractivity contribution < 1.29 is 0 Å². The first-order chi connectivity index (χ1) is 8.08. The smallest absolute Gasteiger partial charge is 0.161 e. The van der Waals surface area contributed by atoms with Crippen molar-refractivity contribution in [1.82, 2.24) is 9.88 Å². The standard InChI is InChI=1S/C10H17Cl2N5/c1-3-17(2)5-4-14-9-7(11)6-8(12)10(15-9)16-13/h6H,3-5,13H2,1-2H3,(H2,14,15,16). The first-order valence-electron chi connectivity index (χ1n) is 5.33. The van der Waals surface area contributed by atoms with Gasteiger partial charge in [-0.2, -0.15) is 0 Å². The highest BCUT2D eigenvalue weighted by molar-refractivity contribution is 6.37. The van der Waals surface area contributed by atoms with E-state index in [9.17, 15) is 0 Å². The minimum absolute atomic E-state index is 0.397. The van der Waals surface area contributed by atoms with Gasteiger partial charge in [-0.1, -0.05) is 30.1 Å². The van der Waals surface area contributed by atoms with Crippen LogP contribution in [0.1, 0.15) is 6.92 Å². The minimum Gasteiger partial charge on any atom is -0.367 e. The third-order valence-electron chi connectivity index (χ3n) is 2.39. The summed E-state index contributed by atoms with van der Waals surface area (Å²) in [6, 6.07) is 1.61. The topological polar surface area (TPSA) is 66.2 Å². The zero-order valence-corrected chi connectivity index (χ0v) is 11.4. The van der Waals surface area contributed by atoms with Gasteiger partial charge in [0.25, 0.3) is 0 Å². The number of hydrogen-bond acceptors (Lipinski definition) is 5. The van der Waals surface area contributed by atoms with E-state index >= 15 is 0 Å². The molecule has 0 bridgehead atoms. The van der Waals surface area contributed by atoms with Crippen LogP contribution in [0.5, 0.6) is 0 Å². The molecule has 0 saturated heterocycles. The van der Waals surface area contributed by atoms with Crippen LogP contribution in [0.2, 0.25) is 10.0 Å². The molecule has 0 radical (unpaired) electrons. The largest absolute Gasteiger partial charge is 0.367 e. The van der Waals surface area contributed by atoms with Crippen LogP contribution in [-0.4, -0.2) is 36.6 Å². The van der Waals surface area contributed by atoms with Crippen LogP contribution >= 0.6 is 23.2 Å². The van der Waals surface area contributed by atoms with Crippen LogP contribution in [0.3, 0.4) is 0 Å². The number of likely N-dealkylation sites (N-methyl/N-ethyl adjacent to an activating group) is 1. The number of nitrogens with two attached hydrogens (primary N) is 1. The molecule has 96 valence electrons. The average Bonchev–Trinajstić information content (AvgIpc) is 2.31. The molecule has 1 rings (SSSR count). The third kappa shape index (κ3) is 4.20. The number of aromatic nitrogens is 1. The van der Waals surface area contributed by atoms with Gasteiger partial charge in [0.15, 0.2) is 5.82 Å². The van der Waals surface area contributed by atoms with E-state index in [1.807, 2.05) is 7.05 Å². The number of nitrogens with one attached hydrogen (secondary N) is 2. The fraction of sp³-hybridized carbons (Fsp3) is 0.500. The molecule has 5 nitrogen and oxygen atoms in total. The van der Waals surface area contributed by atoms with Crippen LogP contribution in [-0.2, 0) is 0 Å². The number of anilines is 2. The molecule has 4 N–H and O–H groups in total. The second-order valence-electron chi connectivity index (χ2n) is 3.62. The van der Waals surface area contributed by atoms with Crippen molar-refractivity contribution in [3.8, 4) is 0 Å². The fourth-order valence-electron chi connectivity index (χ4n) is 1.22. The van der Waals surface area contributed by atoms with Crippen molar-refractivity contribution >= 4 is 34.8 Å². The molecule has 0 aliphatic rings. The molecular formula is C10H17Cl2N5. The van der Waals surface area contributed by atoms with Crippen molar-refractivity contribution in [2.75, 3.05) is 37.4 Å². The average molecular weight is 278 g/mol. The Bertz CT molecular complexity index is 372. The highest BCUT2D eigenvalue weighted by Gasteiger charge is 2.08. The summed E-state index contributed by atoms with van der Waals surface area (Å²) < 4.78 is 0. The van der Waals surface area contributed by atoms with E-state index in [2.05, 4.69) is 27.6 Å². The molecule has 0 aliphatic heterocycles. The molecule has 1 heterocycles. The zero-order valence-electron chi connectivity index (χ0n) is 9.93. The van der Waals surface area contributed by atoms with E-state index in [4.69, 9.17) is 29.0 Å². The summed E-state index contributed by atoms with van der Waals surface area (Å²) in [5.74, 6) is 6.27. The van der Waals surface area contributed by atoms with Crippen LogP contribution < -0.4 is 16.6 Å². The number of hydrazine groups is 1. The summed E-state index contributed by atoms with van der Waals surface area (Å²) in [4.78, 5) is 6.36. The van der Waals surface area contributed by atoms with Crippen molar-refractivity contribution in [2.45, 2.75) is 6.92 Å². The molecule has 1 aromatic heterocycles. The Morgan fingerprint density at radius 2 is 2.00 bits per heavy atom. The van der Waals surface area contributed by atoms with Gasteiger partial charge >= 0.3 is 0 Å². The summed E-state index contributed by atoms with van der Waals surface area (Å²) in [7, 11) is 2.05. The van der Waals surface area contributed by atoms with Gasteiger partial charge in [-0.05, 0) is 19.7 Å². The number of halogens is 2. The summed E-state index contributed by atoms with van der Waals surface area (Å²) in [6.07, 6.45) is 0. The predicted molar refractivity (Wildman–Crippen MR) is 73.7 cm³/mol. The lowest BCUT2D eigenvalue weighted by atomic mass is 10.4. The lowest BCUT2D eigenvalue weighted by Crippen LogP contribution is -2.25. The van der Waals surface area contributed by atoms with Gasteiger partial charge in [0, 0.05) is 13.1 Å². The summed E-state index contributed by atoms with van der Waals surface area (Å²) in [6.45, 7) is 4.76. The van der Waals surface area contributed by atoms with Crippen molar-refractivity contribution in [3.05, 3.63) is 16.1 Å². The second kappa shape index (κ2) is 6.86. The molecule has 17 heavy (non-hydrogen) atoms. The van der Waals surface area contributed by atoms with Crippen molar-refractivity contribution in [3.63, 3.8) is 0 Å². The third-order valence-corrected chi connectivity index (χ3v) is 2.97. The van der Waals surface area contributed by atoms with E-state index in [0.717, 1.165) is 19.6 Å². The Kier molecular flexibility index (Phi) is 5.77. The number of nitrogens with zero attached hydrogens (tertiary/aromatic N) is 2. The molecule has 0 saturated carbocycles. The van der Waals surface area contributed by atoms with Gasteiger partial charge in [0.2, 0.25) is 0 Å². The summed E-state index contributed by atoms with van der Waals surface area (Å²) >= 11 is 11.9. The molecule has 0 atom stereocenters. The number of nitrogen functional groups attached to an aromatic ring is 1. The molecule has 0 unspecified atom stereocenters. The minimum atomic E-state index is 0.397. The van der Waals surface area contributed by atoms with E-state index in [-0.39, 0.29) is 0 Å². The van der Waals surface area contributed by atoms with Crippen molar-refractivity contribution in [2.24, 2.45) is 5.84 Å². The van der Waals surface area contributed by atoms with E-state index in [1.54, 1.807) is 6.07 Å². The maximum Gasteiger partial charge on any atom is 0.161 e. The summed E-state index contributed by atoms with van der Waals surface area (Å²) in [5, 5.41) is 4.02. The summed E-state index contributed by atoms with van der Waals surface area (Å²) in [5.41, 5.74) is 2.42. The normalized spacial score (nSPS) is 10.7. The number of hydrogen-bond donors (Lipinski definition) is 3. The fourth-order valence-corrected chi connectivity index (χ4v) is 1.70. The molecule has 0 aromatic carbocycles. The highest BCUT2D eigenvalue weighted by atomic mass is 35.5. The monoisotopic (exact) mass is 277 g/mol. The molecular weight excluding hydrogens is 261 g/mol. The lowest BCUT2D eigenvalue weighted by molar-refractivity contribution is 0.367. The first kappa shape index (κ1) is 14.3. The van der Waals surface area contributed by atoms with E-state index in [1.165, 1.54) is 0 Å². The SMILES string of the molecule is CCN(C)CCNc1nc(NN)c(Cl)cc1Cl. The Morgan fingerprint density at radius 3 is 2.59 bits per heavy atom. The van der Waals surface area contributed by atoms with Crippen LogP contribution in [0.25, 0.3) is 0 Å². The van der Waals surface area contributed by atoms with Gasteiger partial charge in [-0.15, -0.1) is 0 Å².